The van der Waals surface area contributed by atoms with E-state index in [9.17, 15) is 9.32 Å². The van der Waals surface area contributed by atoms with Crippen LogP contribution in [0.4, 0.5) is 0 Å². The molecule has 37 heavy (non-hydrogen) atoms. The molecule has 0 bridgehead atoms. The van der Waals surface area contributed by atoms with Crippen LogP contribution in [0.5, 0.6) is 5.75 Å². The smallest absolute Gasteiger partial charge is 0.143 e. The highest BCUT2D eigenvalue weighted by Gasteiger charge is 2.29. The molecule has 1 saturated carbocycles. The molecule has 2 unspecified atom stereocenters. The molecule has 2 aromatic carbocycles. The molecule has 0 aliphatic heterocycles. The maximum Gasteiger partial charge on any atom is 0.143 e. The van der Waals surface area contributed by atoms with Crippen LogP contribution in [-0.2, 0) is 10.8 Å². The predicted octanol–water partition coefficient (Wildman–Crippen LogP) is 6.32. The Morgan fingerprint density at radius 3 is 2.54 bits per heavy atom. The standard InChI is InChI=1S/C26H29N3O3S.2C2H6/c1-16-11-22-24-21(17-5-4-6-20(12-17)33(31)19-7-8-19)9-10-23(25(24)28-26(22)27-13-16)32-15-18(30)14-29(2)3;2*1-2/h4-6,9-13,18-19,30H,7-8,14-15H2,1-3H3,(H,27,28);2*1-2H3. The number of aromatic nitrogens is 2. The van der Waals surface area contributed by atoms with Crippen LogP contribution in [-0.4, -0.2) is 62.8 Å². The van der Waals surface area contributed by atoms with Crippen molar-refractivity contribution in [1.29, 1.82) is 0 Å². The van der Waals surface area contributed by atoms with Crippen molar-refractivity contribution in [3.63, 3.8) is 0 Å². The number of hydrogen-bond acceptors (Lipinski definition) is 5. The highest BCUT2D eigenvalue weighted by molar-refractivity contribution is 7.86. The SMILES string of the molecule is CC.CC.Cc1cnc2[nH]c3c(OCC(O)CN(C)C)ccc(-c4cccc(S(=O)C5CC5)c4)c3c2c1. The lowest BCUT2D eigenvalue weighted by Crippen LogP contribution is -2.30. The van der Waals surface area contributed by atoms with Gasteiger partial charge >= 0.3 is 0 Å². The second-order valence-electron chi connectivity index (χ2n) is 9.15. The molecule has 1 aliphatic rings. The van der Waals surface area contributed by atoms with Gasteiger partial charge in [0.1, 0.15) is 24.1 Å². The summed E-state index contributed by atoms with van der Waals surface area (Å²) in [5.41, 5.74) is 4.78. The number of aryl methyl sites for hydroxylation is 1. The minimum atomic E-state index is -0.957. The van der Waals surface area contributed by atoms with Gasteiger partial charge < -0.3 is 19.7 Å². The van der Waals surface area contributed by atoms with Crippen molar-refractivity contribution in [2.75, 3.05) is 27.2 Å². The molecule has 0 radical (unpaired) electrons. The predicted molar refractivity (Wildman–Crippen MR) is 156 cm³/mol. The van der Waals surface area contributed by atoms with Crippen LogP contribution in [0.2, 0.25) is 0 Å². The van der Waals surface area contributed by atoms with E-state index in [0.717, 1.165) is 56.4 Å². The molecule has 0 spiro atoms. The van der Waals surface area contributed by atoms with E-state index in [1.807, 2.05) is 90.1 Å². The maximum atomic E-state index is 12.8. The number of pyridine rings is 1. The zero-order valence-electron chi connectivity index (χ0n) is 23.2. The lowest BCUT2D eigenvalue weighted by molar-refractivity contribution is 0.0837. The molecule has 5 rings (SSSR count). The first-order valence-electron chi connectivity index (χ1n) is 13.3. The van der Waals surface area contributed by atoms with Gasteiger partial charge in [-0.25, -0.2) is 4.98 Å². The summed E-state index contributed by atoms with van der Waals surface area (Å²) >= 11 is 0. The molecular formula is C30H41N3O3S. The van der Waals surface area contributed by atoms with E-state index in [4.69, 9.17) is 4.74 Å². The Morgan fingerprint density at radius 2 is 1.86 bits per heavy atom. The fraction of sp³-hybridized carbons (Fsp3) is 0.433. The number of likely N-dealkylation sites (N-methyl/N-ethyl adjacent to an activating group) is 1. The number of fused-ring (bicyclic) bond motifs is 3. The van der Waals surface area contributed by atoms with E-state index in [0.29, 0.717) is 17.5 Å². The molecule has 2 N–H and O–H groups in total. The van der Waals surface area contributed by atoms with Crippen molar-refractivity contribution in [2.24, 2.45) is 0 Å². The summed E-state index contributed by atoms with van der Waals surface area (Å²) in [7, 11) is 2.89. The third-order valence-corrected chi connectivity index (χ3v) is 7.71. The maximum absolute atomic E-state index is 12.8. The number of ether oxygens (including phenoxy) is 1. The molecule has 0 saturated heterocycles. The average molecular weight is 524 g/mol. The second-order valence-corrected chi connectivity index (χ2v) is 10.9. The van der Waals surface area contributed by atoms with Crippen LogP contribution in [0.3, 0.4) is 0 Å². The van der Waals surface area contributed by atoms with Crippen LogP contribution < -0.4 is 4.74 Å². The topological polar surface area (TPSA) is 78.5 Å². The number of aliphatic hydroxyl groups is 1. The Balaban J connectivity index is 0.000000907. The first kappa shape index (κ1) is 28.8. The largest absolute Gasteiger partial charge is 0.489 e. The molecular weight excluding hydrogens is 482 g/mol. The molecule has 2 atom stereocenters. The van der Waals surface area contributed by atoms with Crippen molar-refractivity contribution < 1.29 is 14.1 Å². The first-order valence-corrected chi connectivity index (χ1v) is 14.5. The minimum Gasteiger partial charge on any atom is -0.489 e. The number of nitrogens with one attached hydrogen (secondary N) is 1. The second kappa shape index (κ2) is 13.2. The minimum absolute atomic E-state index is 0.199. The van der Waals surface area contributed by atoms with Gasteiger partial charge in [-0.05, 0) is 80.9 Å². The molecule has 7 heteroatoms. The molecule has 1 fully saturated rings. The van der Waals surface area contributed by atoms with Crippen molar-refractivity contribution in [1.82, 2.24) is 14.9 Å². The van der Waals surface area contributed by atoms with Gasteiger partial charge in [-0.1, -0.05) is 39.8 Å². The summed E-state index contributed by atoms with van der Waals surface area (Å²) in [6.45, 7) is 10.8. The van der Waals surface area contributed by atoms with Gasteiger partial charge in [0.05, 0.1) is 16.3 Å². The Kier molecular flexibility index (Phi) is 10.3. The monoisotopic (exact) mass is 523 g/mol. The van der Waals surface area contributed by atoms with E-state index in [-0.39, 0.29) is 6.61 Å². The van der Waals surface area contributed by atoms with E-state index < -0.39 is 16.9 Å². The average Bonchev–Trinajstić information content (AvgIpc) is 3.70. The summed E-state index contributed by atoms with van der Waals surface area (Å²) in [6.07, 6.45) is 3.34. The zero-order chi connectivity index (χ0) is 27.1. The Labute approximate surface area is 223 Å². The van der Waals surface area contributed by atoms with Crippen LogP contribution in [0, 0.1) is 6.92 Å². The summed E-state index contributed by atoms with van der Waals surface area (Å²) in [6, 6.07) is 14.2. The number of aliphatic hydroxyl groups excluding tert-OH is 1. The molecule has 6 nitrogen and oxygen atoms in total. The van der Waals surface area contributed by atoms with Crippen molar-refractivity contribution >= 4 is 32.7 Å². The third-order valence-electron chi connectivity index (χ3n) is 5.92. The molecule has 2 aromatic heterocycles. The van der Waals surface area contributed by atoms with E-state index in [2.05, 4.69) is 22.1 Å². The van der Waals surface area contributed by atoms with Crippen LogP contribution in [0.15, 0.2) is 53.6 Å². The van der Waals surface area contributed by atoms with Crippen molar-refractivity contribution in [3.05, 3.63) is 54.2 Å². The molecule has 4 aromatic rings. The van der Waals surface area contributed by atoms with Crippen molar-refractivity contribution in [3.8, 4) is 16.9 Å². The highest BCUT2D eigenvalue weighted by Crippen LogP contribution is 2.40. The summed E-state index contributed by atoms with van der Waals surface area (Å²) in [4.78, 5) is 10.8. The van der Waals surface area contributed by atoms with Gasteiger partial charge in [-0.15, -0.1) is 0 Å². The van der Waals surface area contributed by atoms with Gasteiger partial charge in [0.25, 0.3) is 0 Å². The normalized spacial score (nSPS) is 14.5. The molecule has 0 amide bonds. The van der Waals surface area contributed by atoms with E-state index in [1.54, 1.807) is 0 Å². The van der Waals surface area contributed by atoms with E-state index in [1.165, 1.54) is 0 Å². The fourth-order valence-electron chi connectivity index (χ4n) is 4.25. The summed E-state index contributed by atoms with van der Waals surface area (Å²) < 4.78 is 18.8. The van der Waals surface area contributed by atoms with Gasteiger partial charge in [0, 0.05) is 33.7 Å². The van der Waals surface area contributed by atoms with Crippen LogP contribution >= 0.6 is 0 Å². The Bertz CT molecular complexity index is 1340. The number of benzene rings is 2. The van der Waals surface area contributed by atoms with E-state index >= 15 is 0 Å². The lowest BCUT2D eigenvalue weighted by Gasteiger charge is -2.17. The van der Waals surface area contributed by atoms with Gasteiger partial charge in [0.15, 0.2) is 0 Å². The number of hydrogen-bond donors (Lipinski definition) is 2. The highest BCUT2D eigenvalue weighted by atomic mass is 32.2. The van der Waals surface area contributed by atoms with Crippen LogP contribution in [0.25, 0.3) is 33.1 Å². The number of rotatable bonds is 8. The number of nitrogens with zero attached hydrogens (tertiary/aromatic N) is 2. The van der Waals surface area contributed by atoms with Crippen molar-refractivity contribution in [2.45, 2.75) is 63.7 Å². The third kappa shape index (κ3) is 6.78. The van der Waals surface area contributed by atoms with Gasteiger partial charge in [-0.3, -0.25) is 4.21 Å². The van der Waals surface area contributed by atoms with Crippen LogP contribution in [0.1, 0.15) is 46.1 Å². The number of H-pyrrole nitrogens is 1. The summed E-state index contributed by atoms with van der Waals surface area (Å²) in [5, 5.41) is 12.6. The van der Waals surface area contributed by atoms with Gasteiger partial charge in [0.2, 0.25) is 0 Å². The molecule has 2 heterocycles. The lowest BCUT2D eigenvalue weighted by atomic mass is 9.99. The number of aromatic amines is 1. The Morgan fingerprint density at radius 1 is 1.14 bits per heavy atom. The fourth-order valence-corrected chi connectivity index (χ4v) is 5.65. The quantitative estimate of drug-likeness (QED) is 0.283. The Hall–Kier alpha value is -2.74. The van der Waals surface area contributed by atoms with Gasteiger partial charge in [-0.2, -0.15) is 0 Å². The first-order chi connectivity index (χ1) is 17.9. The molecule has 1 aliphatic carbocycles. The summed E-state index contributed by atoms with van der Waals surface area (Å²) in [5.74, 6) is 0.680. The molecule has 200 valence electrons. The zero-order valence-corrected chi connectivity index (χ0v) is 24.0.